The van der Waals surface area contributed by atoms with Crippen LogP contribution >= 0.6 is 0 Å². The van der Waals surface area contributed by atoms with Crippen molar-refractivity contribution >= 4 is 23.7 Å². The lowest BCUT2D eigenvalue weighted by atomic mass is 10.1. The van der Waals surface area contributed by atoms with E-state index in [4.69, 9.17) is 10.8 Å². The number of nitrogens with zero attached hydrogens (tertiary/aromatic N) is 3. The first kappa shape index (κ1) is 16.8. The van der Waals surface area contributed by atoms with E-state index in [1.807, 2.05) is 36.4 Å². The quantitative estimate of drug-likeness (QED) is 0.632. The van der Waals surface area contributed by atoms with Crippen LogP contribution in [0.1, 0.15) is 12.0 Å². The molecular weight excluding hydrogens is 320 g/mol. The van der Waals surface area contributed by atoms with Gasteiger partial charge in [-0.15, -0.1) is 0 Å². The average molecular weight is 342 g/mol. The number of anilines is 3. The van der Waals surface area contributed by atoms with E-state index < -0.39 is 6.09 Å². The Morgan fingerprint density at radius 3 is 2.88 bits per heavy atom. The molecule has 0 radical (unpaired) electrons. The van der Waals surface area contributed by atoms with E-state index in [0.29, 0.717) is 18.9 Å². The molecule has 0 bridgehead atoms. The van der Waals surface area contributed by atoms with Gasteiger partial charge in [-0.05, 0) is 17.9 Å². The van der Waals surface area contributed by atoms with Crippen molar-refractivity contribution in [3.8, 4) is 0 Å². The van der Waals surface area contributed by atoms with Gasteiger partial charge in [-0.25, -0.2) is 4.79 Å². The smallest absolute Gasteiger partial charge is 0.404 e. The van der Waals surface area contributed by atoms with Gasteiger partial charge in [0.15, 0.2) is 0 Å². The van der Waals surface area contributed by atoms with Crippen LogP contribution in [0.25, 0.3) is 0 Å². The minimum absolute atomic E-state index is 0.222. The number of nitrogens with two attached hydrogens (primary N) is 1. The maximum Gasteiger partial charge on any atom is 0.404 e. The maximum atomic E-state index is 10.6. The third-order valence-electron chi connectivity index (χ3n) is 4.20. The van der Waals surface area contributed by atoms with E-state index in [1.165, 1.54) is 0 Å². The molecule has 132 valence electrons. The number of amides is 1. The van der Waals surface area contributed by atoms with Gasteiger partial charge in [0.05, 0.1) is 0 Å². The molecule has 1 atom stereocenters. The minimum atomic E-state index is -0.989. The Kier molecular flexibility index (Phi) is 5.17. The number of carbonyl (C=O) groups is 1. The zero-order chi connectivity index (χ0) is 17.6. The summed E-state index contributed by atoms with van der Waals surface area (Å²) in [6.45, 7) is 2.67. The molecule has 1 aliphatic rings. The fourth-order valence-corrected chi connectivity index (χ4v) is 2.93. The highest BCUT2D eigenvalue weighted by Crippen LogP contribution is 2.24. The summed E-state index contributed by atoms with van der Waals surface area (Å²) in [7, 11) is 0. The van der Waals surface area contributed by atoms with Crippen LogP contribution in [0.15, 0.2) is 36.4 Å². The Labute approximate surface area is 146 Å². The summed E-state index contributed by atoms with van der Waals surface area (Å²) in [6.07, 6.45) is -0.0751. The summed E-state index contributed by atoms with van der Waals surface area (Å²) >= 11 is 0. The normalized spacial score (nSPS) is 16.6. The second-order valence-corrected chi connectivity index (χ2v) is 6.10. The van der Waals surface area contributed by atoms with Gasteiger partial charge in [-0.1, -0.05) is 30.3 Å². The molecule has 1 amide bonds. The van der Waals surface area contributed by atoms with Gasteiger partial charge in [0.1, 0.15) is 11.6 Å². The van der Waals surface area contributed by atoms with E-state index in [-0.39, 0.29) is 11.9 Å². The lowest BCUT2D eigenvalue weighted by Gasteiger charge is -2.19. The molecule has 1 aliphatic heterocycles. The molecule has 2 heterocycles. The third-order valence-corrected chi connectivity index (χ3v) is 4.20. The molecule has 1 aromatic carbocycles. The summed E-state index contributed by atoms with van der Waals surface area (Å²) < 4.78 is 0. The van der Waals surface area contributed by atoms with Crippen LogP contribution in [0, 0.1) is 5.92 Å². The van der Waals surface area contributed by atoms with Crippen LogP contribution in [0.2, 0.25) is 0 Å². The van der Waals surface area contributed by atoms with Crippen molar-refractivity contribution in [1.82, 2.24) is 15.3 Å². The monoisotopic (exact) mass is 342 g/mol. The zero-order valence-electron chi connectivity index (χ0n) is 13.9. The zero-order valence-corrected chi connectivity index (χ0v) is 13.9. The Morgan fingerprint density at radius 2 is 2.12 bits per heavy atom. The van der Waals surface area contributed by atoms with Gasteiger partial charge in [0.2, 0.25) is 5.95 Å². The molecule has 1 saturated heterocycles. The molecule has 1 aromatic heterocycles. The molecule has 25 heavy (non-hydrogen) atoms. The van der Waals surface area contributed by atoms with Gasteiger partial charge in [-0.2, -0.15) is 9.97 Å². The van der Waals surface area contributed by atoms with Crippen LogP contribution in [0.5, 0.6) is 0 Å². The van der Waals surface area contributed by atoms with Crippen molar-refractivity contribution in [1.29, 1.82) is 0 Å². The molecule has 0 spiro atoms. The van der Waals surface area contributed by atoms with Crippen LogP contribution in [-0.2, 0) is 6.54 Å². The number of rotatable bonds is 6. The van der Waals surface area contributed by atoms with Crippen LogP contribution in [0.4, 0.5) is 22.4 Å². The van der Waals surface area contributed by atoms with E-state index >= 15 is 0 Å². The van der Waals surface area contributed by atoms with Gasteiger partial charge in [0.25, 0.3) is 0 Å². The molecule has 8 nitrogen and oxygen atoms in total. The molecule has 5 N–H and O–H groups in total. The van der Waals surface area contributed by atoms with Gasteiger partial charge in [-0.3, -0.25) is 0 Å². The van der Waals surface area contributed by atoms with Crippen molar-refractivity contribution < 1.29 is 9.90 Å². The number of nitrogens with one attached hydrogen (secondary N) is 2. The third kappa shape index (κ3) is 4.72. The lowest BCUT2D eigenvalue weighted by Crippen LogP contribution is -2.30. The van der Waals surface area contributed by atoms with Crippen LogP contribution < -0.4 is 21.3 Å². The summed E-state index contributed by atoms with van der Waals surface area (Å²) in [5, 5.41) is 14.4. The van der Waals surface area contributed by atoms with E-state index in [1.54, 1.807) is 0 Å². The highest BCUT2D eigenvalue weighted by molar-refractivity contribution is 5.64. The number of benzene rings is 1. The summed E-state index contributed by atoms with van der Waals surface area (Å²) in [5.41, 5.74) is 7.00. The molecule has 2 aromatic rings. The van der Waals surface area contributed by atoms with E-state index in [9.17, 15) is 4.79 Å². The minimum Gasteiger partial charge on any atom is -0.465 e. The Morgan fingerprint density at radius 1 is 1.32 bits per heavy atom. The van der Waals surface area contributed by atoms with Crippen LogP contribution in [0.3, 0.4) is 0 Å². The number of nitrogen functional groups attached to an aromatic ring is 1. The SMILES string of the molecule is Nc1nc(NCc2ccccc2)cc(N2CC[C@H](CNC(=O)O)C2)n1. The number of hydrogen-bond acceptors (Lipinski definition) is 6. The molecular formula is C17H22N6O2. The van der Waals surface area contributed by atoms with Crippen molar-refractivity contribution in [2.45, 2.75) is 13.0 Å². The maximum absolute atomic E-state index is 10.6. The summed E-state index contributed by atoms with van der Waals surface area (Å²) in [5.74, 6) is 1.94. The van der Waals surface area contributed by atoms with Crippen LogP contribution in [-0.4, -0.2) is 40.8 Å². The van der Waals surface area contributed by atoms with Crippen molar-refractivity contribution in [2.24, 2.45) is 5.92 Å². The van der Waals surface area contributed by atoms with Crippen molar-refractivity contribution in [2.75, 3.05) is 35.6 Å². The molecule has 8 heteroatoms. The molecule has 0 unspecified atom stereocenters. The molecule has 0 aliphatic carbocycles. The average Bonchev–Trinajstić information content (AvgIpc) is 3.08. The first-order valence-electron chi connectivity index (χ1n) is 8.24. The standard InChI is InChI=1S/C17H22N6O2/c18-16-21-14(19-9-12-4-2-1-3-5-12)8-15(22-16)23-7-6-13(11-23)10-20-17(24)25/h1-5,8,13,20H,6-7,9-11H2,(H,24,25)(H3,18,19,21,22)/t13-/m1/s1. The van der Waals surface area contributed by atoms with Crippen molar-refractivity contribution in [3.63, 3.8) is 0 Å². The van der Waals surface area contributed by atoms with E-state index in [2.05, 4.69) is 25.5 Å². The number of hydrogen-bond donors (Lipinski definition) is 4. The second-order valence-electron chi connectivity index (χ2n) is 6.10. The summed E-state index contributed by atoms with van der Waals surface area (Å²) in [4.78, 5) is 21.3. The Bertz CT molecular complexity index is 724. The Hall–Kier alpha value is -3.03. The largest absolute Gasteiger partial charge is 0.465 e. The summed E-state index contributed by atoms with van der Waals surface area (Å²) in [6, 6.07) is 11.9. The molecule has 3 rings (SSSR count). The van der Waals surface area contributed by atoms with Gasteiger partial charge < -0.3 is 26.4 Å². The van der Waals surface area contributed by atoms with Crippen molar-refractivity contribution in [3.05, 3.63) is 42.0 Å². The van der Waals surface area contributed by atoms with Gasteiger partial charge >= 0.3 is 6.09 Å². The Balaban J connectivity index is 1.62. The molecule has 0 saturated carbocycles. The van der Waals surface area contributed by atoms with E-state index in [0.717, 1.165) is 30.9 Å². The fraction of sp³-hybridized carbons (Fsp3) is 0.353. The predicted molar refractivity (Wildman–Crippen MR) is 96.6 cm³/mol. The first-order valence-corrected chi connectivity index (χ1v) is 8.24. The lowest BCUT2D eigenvalue weighted by molar-refractivity contribution is 0.192. The topological polar surface area (TPSA) is 116 Å². The highest BCUT2D eigenvalue weighted by atomic mass is 16.4. The molecule has 1 fully saturated rings. The predicted octanol–water partition coefficient (Wildman–Crippen LogP) is 1.76. The fourth-order valence-electron chi connectivity index (χ4n) is 2.93. The number of aromatic nitrogens is 2. The van der Waals surface area contributed by atoms with Gasteiger partial charge in [0, 0.05) is 32.2 Å². The first-order chi connectivity index (χ1) is 12.1. The highest BCUT2D eigenvalue weighted by Gasteiger charge is 2.24. The number of carboxylic acid groups (broad SMARTS) is 1. The second kappa shape index (κ2) is 7.69.